The Hall–Kier alpha value is -1.55. The van der Waals surface area contributed by atoms with Gasteiger partial charge >= 0.3 is 6.18 Å². The largest absolute Gasteiger partial charge is 0.435 e. The van der Waals surface area contributed by atoms with Gasteiger partial charge < -0.3 is 5.32 Å². The highest BCUT2D eigenvalue weighted by Crippen LogP contribution is 2.42. The Balaban J connectivity index is 1.87. The molecule has 1 fully saturated rings. The van der Waals surface area contributed by atoms with Gasteiger partial charge in [0.15, 0.2) is 5.69 Å². The molecule has 0 spiro atoms. The van der Waals surface area contributed by atoms with Gasteiger partial charge in [-0.3, -0.25) is 0 Å². The highest BCUT2D eigenvalue weighted by molar-refractivity contribution is 7.86. The molecule has 3 heterocycles. The SMILES string of the molecule is CC1=C(S(=O)N2CCCC2)C(c2ccc(Cl)c(Cl)c2)n2nc(C(F)(F)F)cc2N1. The number of anilines is 1. The first-order valence-electron chi connectivity index (χ1n) is 8.93. The summed E-state index contributed by atoms with van der Waals surface area (Å²) in [6.07, 6.45) is -2.75. The Morgan fingerprint density at radius 1 is 1.17 bits per heavy atom. The highest BCUT2D eigenvalue weighted by Gasteiger charge is 2.40. The van der Waals surface area contributed by atoms with Gasteiger partial charge in [-0.25, -0.2) is 13.2 Å². The monoisotopic (exact) mass is 464 g/mol. The predicted molar refractivity (Wildman–Crippen MR) is 107 cm³/mol. The zero-order valence-electron chi connectivity index (χ0n) is 15.3. The van der Waals surface area contributed by atoms with E-state index in [1.54, 1.807) is 25.1 Å². The van der Waals surface area contributed by atoms with Crippen molar-refractivity contribution in [2.75, 3.05) is 18.4 Å². The van der Waals surface area contributed by atoms with Gasteiger partial charge in [-0.15, -0.1) is 0 Å². The van der Waals surface area contributed by atoms with Crippen LogP contribution in [0.15, 0.2) is 34.9 Å². The maximum Gasteiger partial charge on any atom is 0.435 e. The molecule has 2 unspecified atom stereocenters. The Kier molecular flexibility index (Phi) is 5.43. The molecule has 2 aliphatic heterocycles. The molecular weight excluding hydrogens is 448 g/mol. The van der Waals surface area contributed by atoms with Crippen LogP contribution in [-0.2, 0) is 17.2 Å². The molecule has 1 aromatic carbocycles. The van der Waals surface area contributed by atoms with Crippen LogP contribution in [0.5, 0.6) is 0 Å². The first-order valence-corrected chi connectivity index (χ1v) is 10.8. The van der Waals surface area contributed by atoms with Crippen molar-refractivity contribution >= 4 is 40.0 Å². The van der Waals surface area contributed by atoms with Crippen molar-refractivity contribution < 1.29 is 17.4 Å². The third-order valence-electron chi connectivity index (χ3n) is 4.95. The van der Waals surface area contributed by atoms with Crippen molar-refractivity contribution in [2.45, 2.75) is 32.0 Å². The van der Waals surface area contributed by atoms with E-state index in [0.717, 1.165) is 18.9 Å². The summed E-state index contributed by atoms with van der Waals surface area (Å²) in [6.45, 7) is 3.03. The van der Waals surface area contributed by atoms with E-state index in [0.29, 0.717) is 34.3 Å². The average molecular weight is 465 g/mol. The van der Waals surface area contributed by atoms with E-state index in [1.807, 2.05) is 4.31 Å². The average Bonchev–Trinajstić information content (AvgIpc) is 3.31. The van der Waals surface area contributed by atoms with Crippen molar-refractivity contribution in [3.8, 4) is 0 Å². The third-order valence-corrected chi connectivity index (χ3v) is 7.43. The maximum atomic E-state index is 13.4. The molecule has 0 bridgehead atoms. The summed E-state index contributed by atoms with van der Waals surface area (Å²) < 4.78 is 56.3. The van der Waals surface area contributed by atoms with E-state index in [2.05, 4.69) is 10.4 Å². The van der Waals surface area contributed by atoms with E-state index < -0.39 is 28.9 Å². The van der Waals surface area contributed by atoms with E-state index in [-0.39, 0.29) is 10.8 Å². The molecule has 2 aromatic rings. The van der Waals surface area contributed by atoms with Gasteiger partial charge in [-0.2, -0.15) is 18.3 Å². The first kappa shape index (κ1) is 20.7. The van der Waals surface area contributed by atoms with Crippen molar-refractivity contribution in [3.63, 3.8) is 0 Å². The highest BCUT2D eigenvalue weighted by atomic mass is 35.5. The fourth-order valence-electron chi connectivity index (χ4n) is 3.59. The smallest absolute Gasteiger partial charge is 0.343 e. The molecule has 0 aliphatic carbocycles. The van der Waals surface area contributed by atoms with Crippen LogP contribution in [0.1, 0.15) is 37.1 Å². The second-order valence-corrected chi connectivity index (χ2v) is 9.20. The minimum Gasteiger partial charge on any atom is -0.343 e. The van der Waals surface area contributed by atoms with Crippen LogP contribution in [0, 0.1) is 0 Å². The van der Waals surface area contributed by atoms with Gasteiger partial charge in [-0.1, -0.05) is 29.3 Å². The first-order chi connectivity index (χ1) is 13.7. The molecule has 1 aromatic heterocycles. The van der Waals surface area contributed by atoms with Crippen LogP contribution in [-0.4, -0.2) is 31.4 Å². The number of aromatic nitrogens is 2. The summed E-state index contributed by atoms with van der Waals surface area (Å²) in [5, 5.41) is 7.31. The molecule has 5 nitrogen and oxygen atoms in total. The number of alkyl halides is 3. The summed E-state index contributed by atoms with van der Waals surface area (Å²) in [5.74, 6) is 0.174. The zero-order valence-corrected chi connectivity index (χ0v) is 17.6. The summed E-state index contributed by atoms with van der Waals surface area (Å²) >= 11 is 12.2. The number of hydrogen-bond donors (Lipinski definition) is 1. The number of hydrogen-bond acceptors (Lipinski definition) is 3. The molecule has 4 rings (SSSR count). The van der Waals surface area contributed by atoms with Gasteiger partial charge in [0.1, 0.15) is 22.8 Å². The second kappa shape index (κ2) is 7.61. The summed E-state index contributed by atoms with van der Waals surface area (Å²) in [4.78, 5) is 0.453. The molecule has 11 heteroatoms. The van der Waals surface area contributed by atoms with E-state index >= 15 is 0 Å². The Bertz CT molecular complexity index is 1020. The van der Waals surface area contributed by atoms with Crippen LogP contribution < -0.4 is 5.32 Å². The van der Waals surface area contributed by atoms with Crippen molar-refractivity contribution in [1.82, 2.24) is 14.1 Å². The number of allylic oxidation sites excluding steroid dienone is 2. The maximum absolute atomic E-state index is 13.4. The number of rotatable bonds is 3. The van der Waals surface area contributed by atoms with Crippen LogP contribution in [0.2, 0.25) is 10.0 Å². The molecular formula is C18H17Cl2F3N4OS. The Morgan fingerprint density at radius 2 is 1.86 bits per heavy atom. The van der Waals surface area contributed by atoms with Crippen molar-refractivity contribution in [1.29, 1.82) is 0 Å². The third kappa shape index (κ3) is 3.81. The number of nitrogens with zero attached hydrogens (tertiary/aromatic N) is 3. The topological polar surface area (TPSA) is 50.2 Å². The number of halogens is 5. The van der Waals surface area contributed by atoms with Crippen LogP contribution in [0.4, 0.5) is 19.0 Å². The predicted octanol–water partition coefficient (Wildman–Crippen LogP) is 5.21. The van der Waals surface area contributed by atoms with E-state index in [4.69, 9.17) is 23.2 Å². The van der Waals surface area contributed by atoms with E-state index in [9.17, 15) is 17.4 Å². The number of nitrogens with one attached hydrogen (secondary N) is 1. The molecule has 0 saturated carbocycles. The Labute approximate surface area is 178 Å². The molecule has 1 N–H and O–H groups in total. The van der Waals surface area contributed by atoms with Crippen LogP contribution in [0.3, 0.4) is 0 Å². The summed E-state index contributed by atoms with van der Waals surface area (Å²) in [5.41, 5.74) is 0.0689. The number of fused-ring (bicyclic) bond motifs is 1. The Morgan fingerprint density at radius 3 is 2.48 bits per heavy atom. The van der Waals surface area contributed by atoms with Gasteiger partial charge in [-0.05, 0) is 37.5 Å². The van der Waals surface area contributed by atoms with Gasteiger partial charge in [0.2, 0.25) is 0 Å². The molecule has 0 radical (unpaired) electrons. The number of benzene rings is 1. The molecule has 2 atom stereocenters. The fraction of sp³-hybridized carbons (Fsp3) is 0.389. The second-order valence-electron chi connectivity index (χ2n) is 6.93. The lowest BCUT2D eigenvalue weighted by atomic mass is 10.0. The molecule has 2 aliphatic rings. The molecule has 0 amide bonds. The standard InChI is InChI=1S/C18H17Cl2F3N4OS/c1-10-17(29(28)26-6-2-3-7-26)16(11-4-5-12(19)13(20)8-11)27-15(24-10)9-14(25-27)18(21,22)23/h4-5,8-9,16,24H,2-3,6-7H2,1H3. The fourth-order valence-corrected chi connectivity index (χ4v) is 5.50. The lowest BCUT2D eigenvalue weighted by molar-refractivity contribution is -0.141. The van der Waals surface area contributed by atoms with Gasteiger partial charge in [0.05, 0.1) is 15.0 Å². The van der Waals surface area contributed by atoms with E-state index in [1.165, 1.54) is 4.68 Å². The van der Waals surface area contributed by atoms with Gasteiger partial charge in [0, 0.05) is 24.9 Å². The lowest BCUT2D eigenvalue weighted by Gasteiger charge is -2.31. The van der Waals surface area contributed by atoms with Gasteiger partial charge in [0.25, 0.3) is 0 Å². The van der Waals surface area contributed by atoms with Crippen molar-refractivity contribution in [2.24, 2.45) is 0 Å². The minimum atomic E-state index is -4.60. The van der Waals surface area contributed by atoms with Crippen LogP contribution in [0.25, 0.3) is 0 Å². The van der Waals surface area contributed by atoms with Crippen molar-refractivity contribution in [3.05, 3.63) is 56.2 Å². The summed E-state index contributed by atoms with van der Waals surface area (Å²) in [7, 11) is -1.54. The normalized spacial score (nSPS) is 21.2. The molecule has 29 heavy (non-hydrogen) atoms. The molecule has 156 valence electrons. The molecule has 1 saturated heterocycles. The zero-order chi connectivity index (χ0) is 20.9. The minimum absolute atomic E-state index is 0.174. The summed E-state index contributed by atoms with van der Waals surface area (Å²) in [6, 6.07) is 4.95. The quantitative estimate of drug-likeness (QED) is 0.677. The lowest BCUT2D eigenvalue weighted by Crippen LogP contribution is -2.32. The van der Waals surface area contributed by atoms with Crippen LogP contribution >= 0.6 is 23.2 Å².